The summed E-state index contributed by atoms with van der Waals surface area (Å²) in [4.78, 5) is 9.16. The van der Waals surface area contributed by atoms with Crippen LogP contribution in [-0.4, -0.2) is 51.1 Å². The average Bonchev–Trinajstić information content (AvgIpc) is 3.18. The summed E-state index contributed by atoms with van der Waals surface area (Å²) >= 11 is 0. The molecule has 0 unspecified atom stereocenters. The van der Waals surface area contributed by atoms with Gasteiger partial charge in [-0.1, -0.05) is 13.3 Å². The van der Waals surface area contributed by atoms with Crippen LogP contribution in [0.2, 0.25) is 0 Å². The lowest BCUT2D eigenvalue weighted by molar-refractivity contribution is 0.0913. The monoisotopic (exact) mass is 419 g/mol. The van der Waals surface area contributed by atoms with Gasteiger partial charge in [-0.25, -0.2) is 13.4 Å². The van der Waals surface area contributed by atoms with Gasteiger partial charge in [-0.3, -0.25) is 10.1 Å². The molecule has 8 nitrogen and oxygen atoms in total. The second-order valence-electron chi connectivity index (χ2n) is 8.14. The molecule has 0 amide bonds. The largest absolute Gasteiger partial charge is 0.473 e. The first-order chi connectivity index (χ1) is 13.9. The van der Waals surface area contributed by atoms with Gasteiger partial charge in [-0.05, 0) is 39.5 Å². The van der Waals surface area contributed by atoms with Crippen molar-refractivity contribution in [3.8, 4) is 5.88 Å². The molecule has 0 aliphatic carbocycles. The molecule has 4 rings (SSSR count). The second-order valence-corrected chi connectivity index (χ2v) is 9.92. The van der Waals surface area contributed by atoms with E-state index in [1.54, 1.807) is 30.5 Å². The quantitative estimate of drug-likeness (QED) is 0.740. The summed E-state index contributed by atoms with van der Waals surface area (Å²) < 4.78 is 34.5. The number of aryl methyl sites for hydroxylation is 3. The molecule has 4 heterocycles. The van der Waals surface area contributed by atoms with E-state index in [1.165, 1.54) is 0 Å². The number of piperidine rings is 1. The molecule has 2 saturated heterocycles. The van der Waals surface area contributed by atoms with Crippen LogP contribution in [-0.2, 0) is 16.4 Å². The number of aromatic nitrogens is 4. The summed E-state index contributed by atoms with van der Waals surface area (Å²) in [6.07, 6.45) is 9.65. The maximum Gasteiger partial charge on any atom is 0.247 e. The average molecular weight is 420 g/mol. The van der Waals surface area contributed by atoms with Crippen molar-refractivity contribution in [3.05, 3.63) is 29.5 Å². The number of sulfonamides is 1. The van der Waals surface area contributed by atoms with Gasteiger partial charge in [0.15, 0.2) is 0 Å². The van der Waals surface area contributed by atoms with Crippen molar-refractivity contribution in [3.63, 3.8) is 0 Å². The molecule has 29 heavy (non-hydrogen) atoms. The van der Waals surface area contributed by atoms with Crippen molar-refractivity contribution in [2.24, 2.45) is 0 Å². The summed E-state index contributed by atoms with van der Waals surface area (Å²) in [6, 6.07) is -0.0940. The van der Waals surface area contributed by atoms with Crippen molar-refractivity contribution in [2.75, 3.05) is 0 Å². The standard InChI is InChI=1S/C20H29N5O3S/c1-4-5-6-15-11-22-19(12-21-15)28-18-9-16-7-8-17(10-18)25(16)29(26,27)20-13(2)23-24-14(20)3/h11-12,16-18H,4-10H2,1-3H3,(H,23,24)/t16-,17+,18+. The fourth-order valence-electron chi connectivity index (χ4n) is 4.66. The SMILES string of the molecule is CCCCc1cnc(O[C@H]2C[C@H]3CC[C@@H](C2)N3S(=O)(=O)c2c(C)n[nH]c2C)cn1. The Balaban J connectivity index is 1.45. The molecule has 0 aromatic carbocycles. The lowest BCUT2D eigenvalue weighted by atomic mass is 10.0. The molecule has 0 spiro atoms. The lowest BCUT2D eigenvalue weighted by Crippen LogP contribution is -2.49. The van der Waals surface area contributed by atoms with E-state index in [2.05, 4.69) is 27.1 Å². The highest BCUT2D eigenvalue weighted by atomic mass is 32.2. The van der Waals surface area contributed by atoms with E-state index in [-0.39, 0.29) is 18.2 Å². The predicted molar refractivity (Wildman–Crippen MR) is 108 cm³/mol. The molecule has 2 bridgehead atoms. The van der Waals surface area contributed by atoms with Crippen LogP contribution in [0.4, 0.5) is 0 Å². The number of hydrogen-bond donors (Lipinski definition) is 1. The zero-order chi connectivity index (χ0) is 20.6. The Kier molecular flexibility index (Phi) is 5.61. The topological polar surface area (TPSA) is 101 Å². The molecule has 0 radical (unpaired) electrons. The van der Waals surface area contributed by atoms with E-state index in [9.17, 15) is 8.42 Å². The fourth-order valence-corrected chi connectivity index (χ4v) is 6.89. The van der Waals surface area contributed by atoms with Crippen LogP contribution >= 0.6 is 0 Å². The van der Waals surface area contributed by atoms with Crippen molar-refractivity contribution in [1.82, 2.24) is 24.5 Å². The number of hydrogen-bond acceptors (Lipinski definition) is 6. The molecule has 2 fully saturated rings. The number of ether oxygens (including phenoxy) is 1. The molecule has 2 aliphatic heterocycles. The Bertz CT molecular complexity index is 923. The van der Waals surface area contributed by atoms with E-state index in [1.807, 2.05) is 0 Å². The van der Waals surface area contributed by atoms with E-state index < -0.39 is 10.0 Å². The van der Waals surface area contributed by atoms with Crippen molar-refractivity contribution >= 4 is 10.0 Å². The number of nitrogens with one attached hydrogen (secondary N) is 1. The van der Waals surface area contributed by atoms with Gasteiger partial charge in [0.05, 0.1) is 29.5 Å². The molecule has 9 heteroatoms. The Hall–Kier alpha value is -2.00. The number of H-pyrrole nitrogens is 1. The van der Waals surface area contributed by atoms with Gasteiger partial charge in [0.25, 0.3) is 0 Å². The van der Waals surface area contributed by atoms with Crippen LogP contribution in [0.5, 0.6) is 5.88 Å². The van der Waals surface area contributed by atoms with Crippen molar-refractivity contribution < 1.29 is 13.2 Å². The zero-order valence-corrected chi connectivity index (χ0v) is 18.1. The van der Waals surface area contributed by atoms with Gasteiger partial charge >= 0.3 is 0 Å². The fraction of sp³-hybridized carbons (Fsp3) is 0.650. The molecule has 158 valence electrons. The molecular formula is C20H29N5O3S. The van der Waals surface area contributed by atoms with Gasteiger partial charge < -0.3 is 4.74 Å². The lowest BCUT2D eigenvalue weighted by Gasteiger charge is -2.37. The maximum atomic E-state index is 13.3. The minimum Gasteiger partial charge on any atom is -0.473 e. The van der Waals surface area contributed by atoms with E-state index in [4.69, 9.17) is 4.74 Å². The van der Waals surface area contributed by atoms with Gasteiger partial charge in [-0.15, -0.1) is 0 Å². The summed E-state index contributed by atoms with van der Waals surface area (Å²) in [5.41, 5.74) is 2.10. The zero-order valence-electron chi connectivity index (χ0n) is 17.3. The number of nitrogens with zero attached hydrogens (tertiary/aromatic N) is 4. The summed E-state index contributed by atoms with van der Waals surface area (Å²) in [6.45, 7) is 5.64. The minimum absolute atomic E-state index is 0.0405. The Morgan fingerprint density at radius 2 is 1.90 bits per heavy atom. The third-order valence-corrected chi connectivity index (χ3v) is 8.24. The van der Waals surface area contributed by atoms with Crippen molar-refractivity contribution in [1.29, 1.82) is 0 Å². The molecule has 1 N–H and O–H groups in total. The molecular weight excluding hydrogens is 390 g/mol. The highest BCUT2D eigenvalue weighted by Crippen LogP contribution is 2.41. The van der Waals surface area contributed by atoms with Crippen LogP contribution in [0.1, 0.15) is 62.5 Å². The van der Waals surface area contributed by atoms with Gasteiger partial charge in [0.2, 0.25) is 15.9 Å². The minimum atomic E-state index is -3.57. The predicted octanol–water partition coefficient (Wildman–Crippen LogP) is 2.92. The summed E-state index contributed by atoms with van der Waals surface area (Å²) in [5.74, 6) is 0.521. The third kappa shape index (κ3) is 3.90. The van der Waals surface area contributed by atoms with Crippen LogP contribution in [0, 0.1) is 13.8 Å². The summed E-state index contributed by atoms with van der Waals surface area (Å²) in [5, 5.41) is 6.87. The van der Waals surface area contributed by atoms with Crippen LogP contribution in [0.3, 0.4) is 0 Å². The van der Waals surface area contributed by atoms with Gasteiger partial charge in [0.1, 0.15) is 11.0 Å². The first-order valence-corrected chi connectivity index (χ1v) is 11.9. The number of fused-ring (bicyclic) bond motifs is 2. The van der Waals surface area contributed by atoms with E-state index in [0.29, 0.717) is 35.0 Å². The smallest absolute Gasteiger partial charge is 0.247 e. The Labute approximate surface area is 172 Å². The van der Waals surface area contributed by atoms with Gasteiger partial charge in [0, 0.05) is 24.9 Å². The molecule has 2 aromatic heterocycles. The van der Waals surface area contributed by atoms with Crippen LogP contribution in [0.15, 0.2) is 17.3 Å². The first kappa shape index (κ1) is 20.3. The van der Waals surface area contributed by atoms with Gasteiger partial charge in [-0.2, -0.15) is 9.40 Å². The molecule has 2 aromatic rings. The van der Waals surface area contributed by atoms with E-state index in [0.717, 1.165) is 37.8 Å². The normalized spacial score (nSPS) is 24.7. The van der Waals surface area contributed by atoms with Crippen molar-refractivity contribution in [2.45, 2.75) is 88.8 Å². The molecule has 3 atom stereocenters. The summed E-state index contributed by atoms with van der Waals surface area (Å²) in [7, 11) is -3.57. The number of aromatic amines is 1. The highest BCUT2D eigenvalue weighted by Gasteiger charge is 2.49. The maximum absolute atomic E-state index is 13.3. The molecule has 0 saturated carbocycles. The number of rotatable bonds is 7. The number of unbranched alkanes of at least 4 members (excludes halogenated alkanes) is 1. The van der Waals surface area contributed by atoms with Crippen LogP contribution < -0.4 is 4.74 Å². The first-order valence-electron chi connectivity index (χ1n) is 10.4. The highest BCUT2D eigenvalue weighted by molar-refractivity contribution is 7.89. The molecule has 2 aliphatic rings. The Morgan fingerprint density at radius 1 is 1.17 bits per heavy atom. The Morgan fingerprint density at radius 3 is 2.45 bits per heavy atom. The second kappa shape index (κ2) is 8.02. The van der Waals surface area contributed by atoms with Crippen LogP contribution in [0.25, 0.3) is 0 Å². The third-order valence-electron chi connectivity index (χ3n) is 5.97. The van der Waals surface area contributed by atoms with E-state index >= 15 is 0 Å².